The minimum absolute atomic E-state index is 0.152. The molecule has 0 radical (unpaired) electrons. The molecule has 0 fully saturated rings. The Morgan fingerprint density at radius 1 is 1.58 bits per heavy atom. The van der Waals surface area contributed by atoms with E-state index in [0.29, 0.717) is 10.6 Å². The Hall–Kier alpha value is -1.03. The highest BCUT2D eigenvalue weighted by molar-refractivity contribution is 7.84. The van der Waals surface area contributed by atoms with Crippen LogP contribution in [0.3, 0.4) is 0 Å². The summed E-state index contributed by atoms with van der Waals surface area (Å²) in [6.45, 7) is 1.42. The minimum atomic E-state index is -1.14. The van der Waals surface area contributed by atoms with Gasteiger partial charge in [0.25, 0.3) is 0 Å². The maximum Gasteiger partial charge on any atom is 0.179 e. The van der Waals surface area contributed by atoms with Gasteiger partial charge in [0, 0.05) is 19.4 Å². The molecule has 12 heavy (non-hydrogen) atoms. The standard InChI is InChI=1S/C8H9NO2S/c1-6(10)8-7(12(2)11)4-3-5-9-8/h3-5H,1-2H3/t12-/m1/s1. The number of nitrogens with zero attached hydrogens (tertiary/aromatic N) is 1. The first-order valence-corrected chi connectivity index (χ1v) is 4.98. The molecule has 1 aromatic heterocycles. The van der Waals surface area contributed by atoms with Crippen LogP contribution in [0.25, 0.3) is 0 Å². The lowest BCUT2D eigenvalue weighted by Crippen LogP contribution is -2.03. The first kappa shape index (κ1) is 9.06. The van der Waals surface area contributed by atoms with Crippen LogP contribution in [-0.2, 0) is 10.8 Å². The molecular weight excluding hydrogens is 174 g/mol. The van der Waals surface area contributed by atoms with Crippen LogP contribution in [0, 0.1) is 0 Å². The third kappa shape index (κ3) is 1.76. The van der Waals surface area contributed by atoms with E-state index in [1.165, 1.54) is 19.4 Å². The van der Waals surface area contributed by atoms with Gasteiger partial charge in [0.2, 0.25) is 0 Å². The summed E-state index contributed by atoms with van der Waals surface area (Å²) in [5.74, 6) is -0.152. The maximum absolute atomic E-state index is 11.1. The van der Waals surface area contributed by atoms with Gasteiger partial charge in [-0.25, -0.2) is 0 Å². The van der Waals surface area contributed by atoms with Crippen molar-refractivity contribution >= 4 is 16.6 Å². The summed E-state index contributed by atoms with van der Waals surface area (Å²) < 4.78 is 11.1. The number of ketones is 1. The Labute approximate surface area is 73.3 Å². The Kier molecular flexibility index (Phi) is 2.70. The van der Waals surface area contributed by atoms with E-state index in [2.05, 4.69) is 4.98 Å². The van der Waals surface area contributed by atoms with Crippen LogP contribution in [-0.4, -0.2) is 21.2 Å². The third-order valence-corrected chi connectivity index (χ3v) is 2.36. The van der Waals surface area contributed by atoms with Gasteiger partial charge >= 0.3 is 0 Å². The molecule has 0 spiro atoms. The van der Waals surface area contributed by atoms with E-state index in [9.17, 15) is 9.00 Å². The van der Waals surface area contributed by atoms with Crippen LogP contribution in [0.2, 0.25) is 0 Å². The topological polar surface area (TPSA) is 47.0 Å². The molecule has 0 N–H and O–H groups in total. The lowest BCUT2D eigenvalue weighted by atomic mass is 10.3. The number of hydrogen-bond donors (Lipinski definition) is 0. The zero-order valence-electron chi connectivity index (χ0n) is 6.90. The summed E-state index contributed by atoms with van der Waals surface area (Å²) in [5.41, 5.74) is 0.304. The average molecular weight is 183 g/mol. The number of carbonyl (C=O) groups is 1. The Morgan fingerprint density at radius 2 is 2.25 bits per heavy atom. The number of carbonyl (C=O) groups excluding carboxylic acids is 1. The van der Waals surface area contributed by atoms with Crippen molar-refractivity contribution in [2.45, 2.75) is 11.8 Å². The normalized spacial score (nSPS) is 12.5. The van der Waals surface area contributed by atoms with Crippen molar-refractivity contribution < 1.29 is 9.00 Å². The van der Waals surface area contributed by atoms with Gasteiger partial charge in [-0.2, -0.15) is 0 Å². The number of Topliss-reactive ketones (excluding diaryl/α,β-unsaturated/α-hetero) is 1. The largest absolute Gasteiger partial charge is 0.293 e. The second kappa shape index (κ2) is 3.58. The molecule has 1 rings (SSSR count). The Balaban J connectivity index is 3.27. The zero-order chi connectivity index (χ0) is 9.14. The SMILES string of the molecule is CC(=O)c1ncccc1[S@@](C)=O. The van der Waals surface area contributed by atoms with Crippen molar-refractivity contribution in [3.8, 4) is 0 Å². The van der Waals surface area contributed by atoms with E-state index in [1.54, 1.807) is 12.1 Å². The van der Waals surface area contributed by atoms with Gasteiger partial charge in [0.15, 0.2) is 5.78 Å². The molecule has 0 saturated carbocycles. The minimum Gasteiger partial charge on any atom is -0.293 e. The van der Waals surface area contributed by atoms with Gasteiger partial charge in [0.1, 0.15) is 5.69 Å². The van der Waals surface area contributed by atoms with Crippen LogP contribution in [0.15, 0.2) is 23.2 Å². The van der Waals surface area contributed by atoms with E-state index in [0.717, 1.165) is 0 Å². The van der Waals surface area contributed by atoms with Gasteiger partial charge in [-0.05, 0) is 12.1 Å². The molecule has 4 heteroatoms. The molecule has 0 amide bonds. The van der Waals surface area contributed by atoms with E-state index in [1.807, 2.05) is 0 Å². The molecule has 1 aromatic rings. The van der Waals surface area contributed by atoms with E-state index >= 15 is 0 Å². The van der Waals surface area contributed by atoms with Gasteiger partial charge in [-0.1, -0.05) is 0 Å². The molecule has 0 saturated heterocycles. The highest BCUT2D eigenvalue weighted by atomic mass is 32.2. The smallest absolute Gasteiger partial charge is 0.179 e. The lowest BCUT2D eigenvalue weighted by molar-refractivity contribution is 0.101. The second-order valence-electron chi connectivity index (χ2n) is 2.36. The van der Waals surface area contributed by atoms with Crippen molar-refractivity contribution in [2.24, 2.45) is 0 Å². The first-order chi connectivity index (χ1) is 5.63. The number of hydrogen-bond acceptors (Lipinski definition) is 3. The van der Waals surface area contributed by atoms with Gasteiger partial charge in [-0.3, -0.25) is 14.0 Å². The molecule has 0 aromatic carbocycles. The fourth-order valence-electron chi connectivity index (χ4n) is 0.887. The van der Waals surface area contributed by atoms with Crippen LogP contribution < -0.4 is 0 Å². The second-order valence-corrected chi connectivity index (χ2v) is 3.71. The lowest BCUT2D eigenvalue weighted by Gasteiger charge is -2.00. The molecule has 64 valence electrons. The van der Waals surface area contributed by atoms with Crippen molar-refractivity contribution in [1.29, 1.82) is 0 Å². The number of pyridine rings is 1. The zero-order valence-corrected chi connectivity index (χ0v) is 7.72. The molecule has 3 nitrogen and oxygen atoms in total. The average Bonchev–Trinajstić information content (AvgIpc) is 2.04. The van der Waals surface area contributed by atoms with Gasteiger partial charge in [-0.15, -0.1) is 0 Å². The maximum atomic E-state index is 11.1. The monoisotopic (exact) mass is 183 g/mol. The molecule has 0 aliphatic heterocycles. The fraction of sp³-hybridized carbons (Fsp3) is 0.250. The molecule has 0 unspecified atom stereocenters. The van der Waals surface area contributed by atoms with Crippen molar-refractivity contribution in [2.75, 3.05) is 6.26 Å². The summed E-state index contributed by atoms with van der Waals surface area (Å²) in [4.78, 5) is 15.3. The van der Waals surface area contributed by atoms with E-state index in [4.69, 9.17) is 0 Å². The molecule has 0 bridgehead atoms. The van der Waals surface area contributed by atoms with Gasteiger partial charge < -0.3 is 0 Å². The van der Waals surface area contributed by atoms with Crippen molar-refractivity contribution in [1.82, 2.24) is 4.98 Å². The summed E-state index contributed by atoms with van der Waals surface area (Å²) in [5, 5.41) is 0. The first-order valence-electron chi connectivity index (χ1n) is 3.42. The summed E-state index contributed by atoms with van der Waals surface area (Å²) in [6, 6.07) is 3.32. The highest BCUT2D eigenvalue weighted by Crippen LogP contribution is 2.09. The molecule has 1 heterocycles. The van der Waals surface area contributed by atoms with Crippen molar-refractivity contribution in [3.63, 3.8) is 0 Å². The fourth-order valence-corrected chi connectivity index (χ4v) is 1.63. The quantitative estimate of drug-likeness (QED) is 0.643. The van der Waals surface area contributed by atoms with Crippen LogP contribution >= 0.6 is 0 Å². The predicted octanol–water partition coefficient (Wildman–Crippen LogP) is 1.02. The Morgan fingerprint density at radius 3 is 2.67 bits per heavy atom. The highest BCUT2D eigenvalue weighted by Gasteiger charge is 2.09. The molecular formula is C8H9NO2S. The molecule has 1 atom stereocenters. The summed E-state index contributed by atoms with van der Waals surface area (Å²) >= 11 is 0. The number of aromatic nitrogens is 1. The summed E-state index contributed by atoms with van der Waals surface area (Å²) in [7, 11) is -1.14. The van der Waals surface area contributed by atoms with E-state index < -0.39 is 10.8 Å². The molecule has 0 aliphatic carbocycles. The van der Waals surface area contributed by atoms with Crippen LogP contribution in [0.1, 0.15) is 17.4 Å². The Bertz CT molecular complexity index is 303. The van der Waals surface area contributed by atoms with Crippen LogP contribution in [0.5, 0.6) is 0 Å². The van der Waals surface area contributed by atoms with Gasteiger partial charge in [0.05, 0.1) is 15.7 Å². The van der Waals surface area contributed by atoms with E-state index in [-0.39, 0.29) is 5.78 Å². The molecule has 0 aliphatic rings. The number of rotatable bonds is 2. The van der Waals surface area contributed by atoms with Crippen LogP contribution in [0.4, 0.5) is 0 Å². The third-order valence-electron chi connectivity index (χ3n) is 1.41. The predicted molar refractivity (Wildman–Crippen MR) is 46.6 cm³/mol. The van der Waals surface area contributed by atoms with Crippen molar-refractivity contribution in [3.05, 3.63) is 24.0 Å². The summed E-state index contributed by atoms with van der Waals surface area (Å²) in [6.07, 6.45) is 3.05.